The zero-order valence-electron chi connectivity index (χ0n) is 9.52. The van der Waals surface area contributed by atoms with E-state index in [4.69, 9.17) is 23.2 Å². The molecule has 2 aromatic carbocycles. The molecule has 2 rings (SSSR count). The zero-order chi connectivity index (χ0) is 12.6. The molecule has 0 radical (unpaired) electrons. The molecule has 0 aromatic heterocycles. The number of aryl methyl sites for hydroxylation is 2. The van der Waals surface area contributed by atoms with Gasteiger partial charge < -0.3 is 0 Å². The van der Waals surface area contributed by atoms with E-state index in [1.165, 1.54) is 11.1 Å². The first-order chi connectivity index (χ1) is 7.97. The van der Waals surface area contributed by atoms with E-state index >= 15 is 0 Å². The fourth-order valence-electron chi connectivity index (χ4n) is 1.86. The number of halogens is 3. The Hall–Kier alpha value is -0.500. The molecule has 2 aromatic rings. The van der Waals surface area contributed by atoms with Crippen molar-refractivity contribution in [1.29, 1.82) is 0 Å². The molecule has 88 valence electrons. The lowest BCUT2D eigenvalue weighted by Gasteiger charge is -2.08. The maximum atomic E-state index is 6.09. The Morgan fingerprint density at radius 2 is 1.35 bits per heavy atom. The van der Waals surface area contributed by atoms with Crippen LogP contribution in [0.2, 0.25) is 10.0 Å². The third-order valence-corrected chi connectivity index (χ3v) is 4.19. The molecule has 0 bridgehead atoms. The Labute approximate surface area is 120 Å². The molecule has 0 saturated heterocycles. The molecule has 17 heavy (non-hydrogen) atoms. The summed E-state index contributed by atoms with van der Waals surface area (Å²) in [5.41, 5.74) is 4.70. The second-order valence-electron chi connectivity index (χ2n) is 4.13. The number of benzene rings is 2. The molecule has 3 heteroatoms. The minimum Gasteiger partial charge on any atom is -0.0826 e. The van der Waals surface area contributed by atoms with Crippen LogP contribution in [0.4, 0.5) is 0 Å². The standard InChI is InChI=1S/C14H11BrCl2/c1-8-3-9(2)5-10(4-8)11-6-12(15)14(17)13(16)7-11/h3-7H,1-2H3. The van der Waals surface area contributed by atoms with Crippen LogP contribution in [0.15, 0.2) is 34.8 Å². The van der Waals surface area contributed by atoms with E-state index < -0.39 is 0 Å². The maximum Gasteiger partial charge on any atom is 0.0734 e. The average molecular weight is 330 g/mol. The zero-order valence-corrected chi connectivity index (χ0v) is 12.6. The van der Waals surface area contributed by atoms with Gasteiger partial charge in [-0.3, -0.25) is 0 Å². The van der Waals surface area contributed by atoms with E-state index in [1.54, 1.807) is 0 Å². The summed E-state index contributed by atoms with van der Waals surface area (Å²) in [7, 11) is 0. The maximum absolute atomic E-state index is 6.09. The molecule has 0 heterocycles. The quantitative estimate of drug-likeness (QED) is 0.559. The fraction of sp³-hybridized carbons (Fsp3) is 0.143. The van der Waals surface area contributed by atoms with Crippen LogP contribution in [-0.2, 0) is 0 Å². The topological polar surface area (TPSA) is 0 Å². The lowest BCUT2D eigenvalue weighted by molar-refractivity contribution is 1.38. The monoisotopic (exact) mass is 328 g/mol. The van der Waals surface area contributed by atoms with E-state index in [0.29, 0.717) is 10.0 Å². The van der Waals surface area contributed by atoms with E-state index in [9.17, 15) is 0 Å². The molecule has 0 nitrogen and oxygen atoms in total. The molecule has 0 amide bonds. The molecule has 0 N–H and O–H groups in total. The van der Waals surface area contributed by atoms with Crippen molar-refractivity contribution in [2.75, 3.05) is 0 Å². The number of rotatable bonds is 1. The first-order valence-corrected chi connectivity index (χ1v) is 6.75. The average Bonchev–Trinajstić information content (AvgIpc) is 2.23. The first-order valence-electron chi connectivity index (χ1n) is 5.20. The fourth-order valence-corrected chi connectivity index (χ4v) is 2.77. The van der Waals surface area contributed by atoms with Crippen LogP contribution in [0.25, 0.3) is 11.1 Å². The lowest BCUT2D eigenvalue weighted by atomic mass is 10.0. The Morgan fingerprint density at radius 1 is 0.824 bits per heavy atom. The molecule has 0 aliphatic rings. The Morgan fingerprint density at radius 3 is 1.88 bits per heavy atom. The smallest absolute Gasteiger partial charge is 0.0734 e. The Balaban J connectivity index is 2.60. The summed E-state index contributed by atoms with van der Waals surface area (Å²) in [5, 5.41) is 1.12. The van der Waals surface area contributed by atoms with E-state index in [0.717, 1.165) is 15.6 Å². The highest BCUT2D eigenvalue weighted by Gasteiger charge is 2.07. The lowest BCUT2D eigenvalue weighted by Crippen LogP contribution is -1.84. The van der Waals surface area contributed by atoms with Crippen molar-refractivity contribution in [3.63, 3.8) is 0 Å². The molecule has 0 spiro atoms. The number of hydrogen-bond donors (Lipinski definition) is 0. The molecular weight excluding hydrogens is 319 g/mol. The largest absolute Gasteiger partial charge is 0.0826 e. The molecule has 0 aliphatic heterocycles. The van der Waals surface area contributed by atoms with Crippen molar-refractivity contribution in [2.24, 2.45) is 0 Å². The van der Waals surface area contributed by atoms with Crippen molar-refractivity contribution in [1.82, 2.24) is 0 Å². The van der Waals surface area contributed by atoms with Gasteiger partial charge >= 0.3 is 0 Å². The molecule has 0 saturated carbocycles. The van der Waals surface area contributed by atoms with Crippen molar-refractivity contribution in [3.05, 3.63) is 56.0 Å². The third-order valence-electron chi connectivity index (χ3n) is 2.54. The summed E-state index contributed by atoms with van der Waals surface area (Å²) in [6.07, 6.45) is 0. The van der Waals surface area contributed by atoms with E-state index in [1.807, 2.05) is 12.1 Å². The van der Waals surface area contributed by atoms with Gasteiger partial charge in [-0.1, -0.05) is 52.5 Å². The highest BCUT2D eigenvalue weighted by atomic mass is 79.9. The Kier molecular flexibility index (Phi) is 3.82. The van der Waals surface area contributed by atoms with Crippen LogP contribution in [0.3, 0.4) is 0 Å². The molecule has 0 atom stereocenters. The van der Waals surface area contributed by atoms with Gasteiger partial charge in [-0.15, -0.1) is 0 Å². The minimum absolute atomic E-state index is 0.555. The minimum atomic E-state index is 0.555. The van der Waals surface area contributed by atoms with Gasteiger partial charge in [0, 0.05) is 4.47 Å². The normalized spacial score (nSPS) is 10.6. The molecular formula is C14H11BrCl2. The van der Waals surface area contributed by atoms with Crippen LogP contribution in [0.5, 0.6) is 0 Å². The van der Waals surface area contributed by atoms with Crippen LogP contribution in [-0.4, -0.2) is 0 Å². The molecule has 0 aliphatic carbocycles. The highest BCUT2D eigenvalue weighted by Crippen LogP contribution is 2.35. The first kappa shape index (κ1) is 12.9. The summed E-state index contributed by atoms with van der Waals surface area (Å²) in [4.78, 5) is 0. The Bertz CT molecular complexity index is 533. The van der Waals surface area contributed by atoms with Crippen LogP contribution >= 0.6 is 39.1 Å². The van der Waals surface area contributed by atoms with Crippen molar-refractivity contribution in [3.8, 4) is 11.1 Å². The number of hydrogen-bond acceptors (Lipinski definition) is 0. The second-order valence-corrected chi connectivity index (χ2v) is 5.77. The summed E-state index contributed by atoms with van der Waals surface area (Å²) >= 11 is 15.5. The van der Waals surface area contributed by atoms with Gasteiger partial charge in [0.25, 0.3) is 0 Å². The molecule has 0 unspecified atom stereocenters. The second kappa shape index (κ2) is 5.01. The summed E-state index contributed by atoms with van der Waals surface area (Å²) < 4.78 is 0.820. The van der Waals surface area contributed by atoms with Gasteiger partial charge in [0.15, 0.2) is 0 Å². The summed E-state index contributed by atoms with van der Waals surface area (Å²) in [6, 6.07) is 10.3. The van der Waals surface area contributed by atoms with Gasteiger partial charge in [0.1, 0.15) is 0 Å². The van der Waals surface area contributed by atoms with Gasteiger partial charge in [-0.2, -0.15) is 0 Å². The third kappa shape index (κ3) is 2.85. The van der Waals surface area contributed by atoms with Crippen molar-refractivity contribution >= 4 is 39.1 Å². The highest BCUT2D eigenvalue weighted by molar-refractivity contribution is 9.10. The summed E-state index contributed by atoms with van der Waals surface area (Å²) in [6.45, 7) is 4.17. The van der Waals surface area contributed by atoms with Crippen LogP contribution < -0.4 is 0 Å². The van der Waals surface area contributed by atoms with Gasteiger partial charge in [0.05, 0.1) is 10.0 Å². The molecule has 0 fully saturated rings. The van der Waals surface area contributed by atoms with Crippen LogP contribution in [0.1, 0.15) is 11.1 Å². The van der Waals surface area contributed by atoms with Crippen molar-refractivity contribution in [2.45, 2.75) is 13.8 Å². The van der Waals surface area contributed by atoms with Gasteiger partial charge in [0.2, 0.25) is 0 Å². The SMILES string of the molecule is Cc1cc(C)cc(-c2cc(Cl)c(Cl)c(Br)c2)c1. The van der Waals surface area contributed by atoms with Crippen molar-refractivity contribution < 1.29 is 0 Å². The summed E-state index contributed by atoms with van der Waals surface area (Å²) in [5.74, 6) is 0. The predicted molar refractivity (Wildman–Crippen MR) is 79.1 cm³/mol. The van der Waals surface area contributed by atoms with E-state index in [2.05, 4.69) is 48.0 Å². The van der Waals surface area contributed by atoms with Crippen LogP contribution in [0, 0.1) is 13.8 Å². The predicted octanol–water partition coefficient (Wildman–Crippen LogP) is 6.04. The van der Waals surface area contributed by atoms with E-state index in [-0.39, 0.29) is 0 Å². The van der Waals surface area contributed by atoms with Gasteiger partial charge in [-0.25, -0.2) is 0 Å². The van der Waals surface area contributed by atoms with Gasteiger partial charge in [-0.05, 0) is 53.0 Å².